The molecule has 0 bridgehead atoms. The number of hydrogen-bond acceptors (Lipinski definition) is 1. The van der Waals surface area contributed by atoms with Crippen LogP contribution in [0.4, 0.5) is 13.2 Å². The van der Waals surface area contributed by atoms with Crippen LogP contribution in [0, 0.1) is 24.4 Å². The summed E-state index contributed by atoms with van der Waals surface area (Å²) < 4.78 is 40.9. The van der Waals surface area contributed by atoms with E-state index in [0.29, 0.717) is 11.1 Å². The maximum atomic E-state index is 13.7. The number of nitrogens with one attached hydrogen (secondary N) is 1. The Balaban J connectivity index is 2.31. The van der Waals surface area contributed by atoms with Crippen molar-refractivity contribution in [1.29, 1.82) is 0 Å². The minimum absolute atomic E-state index is 0.00725. The van der Waals surface area contributed by atoms with E-state index in [2.05, 4.69) is 5.32 Å². The zero-order valence-corrected chi connectivity index (χ0v) is 11.4. The predicted octanol–water partition coefficient (Wildman–Crippen LogP) is 3.92. The van der Waals surface area contributed by atoms with E-state index in [1.54, 1.807) is 26.1 Å². The first-order valence-electron chi connectivity index (χ1n) is 6.39. The molecule has 0 radical (unpaired) electrons. The minimum Gasteiger partial charge on any atom is -0.313 e. The number of aryl methyl sites for hydroxylation is 1. The fourth-order valence-electron chi connectivity index (χ4n) is 2.14. The van der Waals surface area contributed by atoms with Crippen molar-refractivity contribution < 1.29 is 13.2 Å². The molecule has 0 aliphatic carbocycles. The van der Waals surface area contributed by atoms with Gasteiger partial charge in [0.2, 0.25) is 0 Å². The molecule has 2 aromatic rings. The fourth-order valence-corrected chi connectivity index (χ4v) is 2.14. The maximum Gasteiger partial charge on any atom is 0.129 e. The summed E-state index contributed by atoms with van der Waals surface area (Å²) in [5.74, 6) is -1.49. The highest BCUT2D eigenvalue weighted by atomic mass is 19.1. The second kappa shape index (κ2) is 6.09. The third-order valence-corrected chi connectivity index (χ3v) is 3.42. The van der Waals surface area contributed by atoms with Crippen LogP contribution in [0.1, 0.15) is 22.7 Å². The Bertz CT molecular complexity index is 590. The first-order chi connectivity index (χ1) is 9.52. The zero-order chi connectivity index (χ0) is 14.7. The molecule has 2 aromatic carbocycles. The Morgan fingerprint density at radius 2 is 1.65 bits per heavy atom. The van der Waals surface area contributed by atoms with E-state index in [9.17, 15) is 13.2 Å². The average molecular weight is 279 g/mol. The van der Waals surface area contributed by atoms with Gasteiger partial charge in [-0.05, 0) is 49.7 Å². The quantitative estimate of drug-likeness (QED) is 0.894. The van der Waals surface area contributed by atoms with Crippen molar-refractivity contribution in [2.45, 2.75) is 19.4 Å². The molecule has 106 valence electrons. The van der Waals surface area contributed by atoms with Gasteiger partial charge in [-0.1, -0.05) is 18.2 Å². The van der Waals surface area contributed by atoms with Crippen molar-refractivity contribution in [2.24, 2.45) is 0 Å². The second-order valence-electron chi connectivity index (χ2n) is 4.75. The summed E-state index contributed by atoms with van der Waals surface area (Å²) >= 11 is 0. The van der Waals surface area contributed by atoms with E-state index >= 15 is 0 Å². The maximum absolute atomic E-state index is 13.7. The van der Waals surface area contributed by atoms with E-state index in [0.717, 1.165) is 0 Å². The molecular formula is C16H16F3N. The number of benzene rings is 2. The van der Waals surface area contributed by atoms with E-state index in [4.69, 9.17) is 0 Å². The van der Waals surface area contributed by atoms with E-state index in [1.807, 2.05) is 0 Å². The van der Waals surface area contributed by atoms with Gasteiger partial charge in [0.1, 0.15) is 17.5 Å². The molecule has 0 spiro atoms. The van der Waals surface area contributed by atoms with Crippen LogP contribution in [-0.4, -0.2) is 7.05 Å². The van der Waals surface area contributed by atoms with Gasteiger partial charge in [-0.3, -0.25) is 0 Å². The molecule has 1 nitrogen and oxygen atoms in total. The highest BCUT2D eigenvalue weighted by Gasteiger charge is 2.17. The summed E-state index contributed by atoms with van der Waals surface area (Å²) in [6, 6.07) is 8.24. The fraction of sp³-hybridized carbons (Fsp3) is 0.250. The molecule has 0 amide bonds. The van der Waals surface area contributed by atoms with Gasteiger partial charge in [-0.15, -0.1) is 0 Å². The first-order valence-corrected chi connectivity index (χ1v) is 6.39. The van der Waals surface area contributed by atoms with Crippen LogP contribution in [-0.2, 0) is 6.42 Å². The predicted molar refractivity (Wildman–Crippen MR) is 73.0 cm³/mol. The molecule has 20 heavy (non-hydrogen) atoms. The van der Waals surface area contributed by atoms with Crippen molar-refractivity contribution in [1.82, 2.24) is 5.32 Å². The SMILES string of the molecule is CNC(Cc1c(F)cccc1F)c1ccc(C)c(F)c1. The lowest BCUT2D eigenvalue weighted by atomic mass is 9.97. The molecule has 2 rings (SSSR count). The van der Waals surface area contributed by atoms with Crippen LogP contribution >= 0.6 is 0 Å². The third kappa shape index (κ3) is 3.02. The smallest absolute Gasteiger partial charge is 0.129 e. The molecular weight excluding hydrogens is 263 g/mol. The summed E-state index contributed by atoms with van der Waals surface area (Å²) in [6.45, 7) is 1.67. The van der Waals surface area contributed by atoms with Crippen molar-refractivity contribution in [3.63, 3.8) is 0 Å². The molecule has 4 heteroatoms. The minimum atomic E-state index is -0.585. The van der Waals surface area contributed by atoms with Gasteiger partial charge in [0, 0.05) is 11.6 Å². The Kier molecular flexibility index (Phi) is 4.45. The third-order valence-electron chi connectivity index (χ3n) is 3.42. The highest BCUT2D eigenvalue weighted by molar-refractivity contribution is 5.29. The molecule has 0 fully saturated rings. The lowest BCUT2D eigenvalue weighted by Gasteiger charge is -2.18. The summed E-state index contributed by atoms with van der Waals surface area (Å²) in [4.78, 5) is 0. The van der Waals surface area contributed by atoms with Gasteiger partial charge in [0.05, 0.1) is 0 Å². The molecule has 0 heterocycles. The van der Waals surface area contributed by atoms with E-state index in [1.165, 1.54) is 24.3 Å². The van der Waals surface area contributed by atoms with Crippen molar-refractivity contribution >= 4 is 0 Å². The molecule has 0 aromatic heterocycles. The summed E-state index contributed by atoms with van der Waals surface area (Å²) in [6.07, 6.45) is 0.123. The van der Waals surface area contributed by atoms with Crippen LogP contribution in [0.25, 0.3) is 0 Å². The van der Waals surface area contributed by atoms with Gasteiger partial charge < -0.3 is 5.32 Å². The Labute approximate surface area is 116 Å². The summed E-state index contributed by atoms with van der Waals surface area (Å²) in [5, 5.41) is 2.97. The van der Waals surface area contributed by atoms with E-state index in [-0.39, 0.29) is 23.8 Å². The second-order valence-corrected chi connectivity index (χ2v) is 4.75. The van der Waals surface area contributed by atoms with Gasteiger partial charge in [-0.25, -0.2) is 13.2 Å². The number of likely N-dealkylation sites (N-methyl/N-ethyl adjacent to an activating group) is 1. The number of halogens is 3. The van der Waals surface area contributed by atoms with Crippen molar-refractivity contribution in [3.8, 4) is 0 Å². The van der Waals surface area contributed by atoms with Gasteiger partial charge in [0.15, 0.2) is 0 Å². The average Bonchev–Trinajstić information content (AvgIpc) is 2.42. The van der Waals surface area contributed by atoms with Gasteiger partial charge in [0.25, 0.3) is 0 Å². The Morgan fingerprint density at radius 3 is 2.20 bits per heavy atom. The number of rotatable bonds is 4. The molecule has 1 N–H and O–H groups in total. The Morgan fingerprint density at radius 1 is 1.00 bits per heavy atom. The summed E-state index contributed by atoms with van der Waals surface area (Å²) in [7, 11) is 1.68. The topological polar surface area (TPSA) is 12.0 Å². The molecule has 0 saturated heterocycles. The number of hydrogen-bond donors (Lipinski definition) is 1. The van der Waals surface area contributed by atoms with Crippen molar-refractivity contribution in [3.05, 3.63) is 70.5 Å². The largest absolute Gasteiger partial charge is 0.313 e. The van der Waals surface area contributed by atoms with E-state index < -0.39 is 11.6 Å². The Hall–Kier alpha value is -1.81. The molecule has 0 saturated carbocycles. The van der Waals surface area contributed by atoms with Crippen LogP contribution < -0.4 is 5.32 Å². The van der Waals surface area contributed by atoms with Crippen molar-refractivity contribution in [2.75, 3.05) is 7.05 Å². The van der Waals surface area contributed by atoms with Crippen LogP contribution in [0.3, 0.4) is 0 Å². The van der Waals surface area contributed by atoms with Crippen LogP contribution in [0.5, 0.6) is 0 Å². The zero-order valence-electron chi connectivity index (χ0n) is 11.4. The first kappa shape index (κ1) is 14.6. The highest BCUT2D eigenvalue weighted by Crippen LogP contribution is 2.23. The normalized spacial score (nSPS) is 12.4. The van der Waals surface area contributed by atoms with Gasteiger partial charge in [-0.2, -0.15) is 0 Å². The molecule has 1 atom stereocenters. The van der Waals surface area contributed by atoms with Gasteiger partial charge >= 0.3 is 0 Å². The standard InChI is InChI=1S/C16H16F3N/c1-10-6-7-11(8-15(10)19)16(20-2)9-12-13(17)4-3-5-14(12)18/h3-8,16,20H,9H2,1-2H3. The lowest BCUT2D eigenvalue weighted by Crippen LogP contribution is -2.20. The monoisotopic (exact) mass is 279 g/mol. The molecule has 0 aliphatic heterocycles. The molecule has 0 aliphatic rings. The van der Waals surface area contributed by atoms with Crippen LogP contribution in [0.2, 0.25) is 0 Å². The lowest BCUT2D eigenvalue weighted by molar-refractivity contribution is 0.513. The molecule has 1 unspecified atom stereocenters. The van der Waals surface area contributed by atoms with Crippen LogP contribution in [0.15, 0.2) is 36.4 Å². The summed E-state index contributed by atoms with van der Waals surface area (Å²) in [5.41, 5.74) is 1.21.